The Balaban J connectivity index is 1.71. The second-order valence-electron chi connectivity index (χ2n) is 8.47. The smallest absolute Gasteiger partial charge is 0.242 e. The molecule has 1 atom stereocenters. The zero-order chi connectivity index (χ0) is 24.7. The molecule has 184 valence electrons. The van der Waals surface area contributed by atoms with Crippen LogP contribution >= 0.6 is 58.2 Å². The number of carbonyl (C=O) groups excluding carboxylic acids is 2. The number of nitrogens with zero attached hydrogens (tertiary/aromatic N) is 1. The fourth-order valence-corrected chi connectivity index (χ4v) is 6.09. The van der Waals surface area contributed by atoms with Gasteiger partial charge in [-0.25, -0.2) is 0 Å². The fraction of sp³-hybridized carbons (Fsp3) is 0.440. The summed E-state index contributed by atoms with van der Waals surface area (Å²) in [6, 6.07) is 10.0. The van der Waals surface area contributed by atoms with Crippen molar-refractivity contribution in [3.63, 3.8) is 0 Å². The average Bonchev–Trinajstić information content (AvgIpc) is 2.80. The molecule has 1 saturated carbocycles. The van der Waals surface area contributed by atoms with E-state index in [1.54, 1.807) is 48.2 Å². The first-order chi connectivity index (χ1) is 16.3. The first-order valence-electron chi connectivity index (χ1n) is 11.3. The van der Waals surface area contributed by atoms with Crippen LogP contribution in [0.5, 0.6) is 0 Å². The van der Waals surface area contributed by atoms with Gasteiger partial charge in [-0.05, 0) is 55.2 Å². The summed E-state index contributed by atoms with van der Waals surface area (Å²) in [5, 5.41) is 5.24. The molecule has 0 radical (unpaired) electrons. The third-order valence-electron chi connectivity index (χ3n) is 6.01. The first-order valence-corrected chi connectivity index (χ1v) is 14.0. The number of rotatable bonds is 9. The summed E-state index contributed by atoms with van der Waals surface area (Å²) >= 11 is 26.3. The van der Waals surface area contributed by atoms with Crippen LogP contribution in [-0.4, -0.2) is 34.6 Å². The number of halogens is 4. The van der Waals surface area contributed by atoms with Crippen molar-refractivity contribution in [1.29, 1.82) is 0 Å². The maximum atomic E-state index is 13.3. The van der Waals surface area contributed by atoms with Crippen LogP contribution in [0.3, 0.4) is 0 Å². The monoisotopic (exact) mass is 560 g/mol. The lowest BCUT2D eigenvalue weighted by molar-refractivity contribution is -0.139. The van der Waals surface area contributed by atoms with Gasteiger partial charge in [-0.1, -0.05) is 77.8 Å². The molecular weight excluding hydrogens is 534 g/mol. The highest BCUT2D eigenvalue weighted by Crippen LogP contribution is 2.29. The van der Waals surface area contributed by atoms with Crippen molar-refractivity contribution in [2.24, 2.45) is 0 Å². The molecule has 1 fully saturated rings. The molecule has 4 nitrogen and oxygen atoms in total. The van der Waals surface area contributed by atoms with Crippen LogP contribution in [0.15, 0.2) is 36.4 Å². The third kappa shape index (κ3) is 7.69. The minimum atomic E-state index is -0.648. The Morgan fingerprint density at radius 1 is 1.03 bits per heavy atom. The van der Waals surface area contributed by atoms with Gasteiger partial charge in [0.05, 0.1) is 5.75 Å². The van der Waals surface area contributed by atoms with Gasteiger partial charge >= 0.3 is 0 Å². The molecule has 0 aromatic heterocycles. The molecule has 34 heavy (non-hydrogen) atoms. The molecule has 0 saturated heterocycles. The first kappa shape index (κ1) is 27.5. The van der Waals surface area contributed by atoms with Crippen molar-refractivity contribution in [2.45, 2.75) is 63.4 Å². The Labute approximate surface area is 225 Å². The maximum absolute atomic E-state index is 13.3. The van der Waals surface area contributed by atoms with E-state index < -0.39 is 6.04 Å². The van der Waals surface area contributed by atoms with E-state index in [0.29, 0.717) is 25.8 Å². The Morgan fingerprint density at radius 2 is 1.71 bits per heavy atom. The quantitative estimate of drug-likeness (QED) is 0.347. The van der Waals surface area contributed by atoms with Crippen LogP contribution in [0.25, 0.3) is 0 Å². The lowest BCUT2D eigenvalue weighted by Gasteiger charge is -2.31. The summed E-state index contributed by atoms with van der Waals surface area (Å²) in [5.41, 5.74) is 1.52. The van der Waals surface area contributed by atoms with E-state index in [4.69, 9.17) is 46.4 Å². The molecule has 1 unspecified atom stereocenters. The van der Waals surface area contributed by atoms with Gasteiger partial charge in [0.2, 0.25) is 11.8 Å². The normalized spacial score (nSPS) is 15.1. The molecule has 9 heteroatoms. The van der Waals surface area contributed by atoms with Crippen molar-refractivity contribution < 1.29 is 9.59 Å². The van der Waals surface area contributed by atoms with E-state index in [0.717, 1.165) is 36.8 Å². The summed E-state index contributed by atoms with van der Waals surface area (Å²) in [6.45, 7) is 1.97. The van der Waals surface area contributed by atoms with Crippen molar-refractivity contribution in [3.8, 4) is 0 Å². The molecule has 0 bridgehead atoms. The van der Waals surface area contributed by atoms with Crippen LogP contribution in [0.1, 0.15) is 50.2 Å². The summed E-state index contributed by atoms with van der Waals surface area (Å²) in [7, 11) is 0. The average molecular weight is 562 g/mol. The van der Waals surface area contributed by atoms with Crippen molar-refractivity contribution in [2.75, 3.05) is 5.75 Å². The third-order valence-corrected chi connectivity index (χ3v) is 8.25. The number of carbonyl (C=O) groups is 2. The van der Waals surface area contributed by atoms with Gasteiger partial charge in [-0.3, -0.25) is 9.59 Å². The van der Waals surface area contributed by atoms with E-state index in [9.17, 15) is 9.59 Å². The molecule has 2 aromatic carbocycles. The number of amides is 2. The minimum Gasteiger partial charge on any atom is -0.352 e. The van der Waals surface area contributed by atoms with E-state index >= 15 is 0 Å². The maximum Gasteiger partial charge on any atom is 0.242 e. The van der Waals surface area contributed by atoms with Gasteiger partial charge in [0.25, 0.3) is 0 Å². The summed E-state index contributed by atoms with van der Waals surface area (Å²) < 4.78 is 0. The van der Waals surface area contributed by atoms with E-state index in [-0.39, 0.29) is 30.2 Å². The lowest BCUT2D eigenvalue weighted by atomic mass is 9.95. The van der Waals surface area contributed by atoms with Gasteiger partial charge in [-0.15, -0.1) is 11.8 Å². The van der Waals surface area contributed by atoms with Gasteiger partial charge < -0.3 is 10.2 Å². The predicted molar refractivity (Wildman–Crippen MR) is 144 cm³/mol. The van der Waals surface area contributed by atoms with Crippen LogP contribution in [0, 0.1) is 0 Å². The van der Waals surface area contributed by atoms with Gasteiger partial charge in [0.1, 0.15) is 6.04 Å². The largest absolute Gasteiger partial charge is 0.352 e. The predicted octanol–water partition coefficient (Wildman–Crippen LogP) is 7.40. The highest BCUT2D eigenvalue weighted by molar-refractivity contribution is 7.99. The van der Waals surface area contributed by atoms with Crippen LogP contribution in [0.4, 0.5) is 0 Å². The lowest BCUT2D eigenvalue weighted by Crippen LogP contribution is -2.50. The fourth-order valence-electron chi connectivity index (χ4n) is 3.98. The second kappa shape index (κ2) is 13.3. The Hall–Kier alpha value is -1.11. The van der Waals surface area contributed by atoms with E-state index in [1.807, 2.05) is 0 Å². The number of thioether (sulfide) groups is 1. The molecule has 0 spiro atoms. The van der Waals surface area contributed by atoms with Crippen molar-refractivity contribution >= 4 is 70.0 Å². The molecular formula is C25H28Cl4N2O2S. The Bertz CT molecular complexity index is 994. The number of nitrogens with one attached hydrogen (secondary N) is 1. The standard InChI is InChI=1S/C25H28Cl4N2O2S/c1-16(25(33)30-19-6-3-2-4-7-19)31(13-17-10-11-18(26)12-23(17)29)24(32)15-34-14-20-21(27)8-5-9-22(20)28/h5,8-12,16,19H,2-4,6-7,13-15H2,1H3,(H,30,33). The number of benzene rings is 2. The summed E-state index contributed by atoms with van der Waals surface area (Å²) in [6.07, 6.45) is 5.38. The summed E-state index contributed by atoms with van der Waals surface area (Å²) in [5.74, 6) is 0.353. The van der Waals surface area contributed by atoms with Crippen LogP contribution in [0.2, 0.25) is 20.1 Å². The molecule has 2 aromatic rings. The highest BCUT2D eigenvalue weighted by Gasteiger charge is 2.28. The van der Waals surface area contributed by atoms with Crippen LogP contribution in [-0.2, 0) is 21.9 Å². The molecule has 0 aliphatic heterocycles. The highest BCUT2D eigenvalue weighted by atomic mass is 35.5. The van der Waals surface area contributed by atoms with Crippen molar-refractivity contribution in [1.82, 2.24) is 10.2 Å². The van der Waals surface area contributed by atoms with Crippen molar-refractivity contribution in [3.05, 3.63) is 67.6 Å². The molecule has 3 rings (SSSR count). The SMILES string of the molecule is CC(C(=O)NC1CCCCC1)N(Cc1ccc(Cl)cc1Cl)C(=O)CSCc1c(Cl)cccc1Cl. The Morgan fingerprint density at radius 3 is 2.35 bits per heavy atom. The minimum absolute atomic E-state index is 0.149. The number of hydrogen-bond donors (Lipinski definition) is 1. The number of hydrogen-bond acceptors (Lipinski definition) is 3. The van der Waals surface area contributed by atoms with Gasteiger partial charge in [-0.2, -0.15) is 0 Å². The molecule has 1 aliphatic rings. The molecule has 2 amide bonds. The molecule has 1 aliphatic carbocycles. The zero-order valence-corrected chi connectivity index (χ0v) is 22.8. The van der Waals surface area contributed by atoms with Crippen LogP contribution < -0.4 is 5.32 Å². The second-order valence-corrected chi connectivity index (χ2v) is 11.1. The summed E-state index contributed by atoms with van der Waals surface area (Å²) in [4.78, 5) is 28.0. The topological polar surface area (TPSA) is 49.4 Å². The van der Waals surface area contributed by atoms with E-state index in [2.05, 4.69) is 5.32 Å². The zero-order valence-electron chi connectivity index (χ0n) is 19.0. The van der Waals surface area contributed by atoms with Gasteiger partial charge in [0, 0.05) is 38.4 Å². The van der Waals surface area contributed by atoms with Gasteiger partial charge in [0.15, 0.2) is 0 Å². The Kier molecular flexibility index (Phi) is 10.7. The van der Waals surface area contributed by atoms with E-state index in [1.165, 1.54) is 18.2 Å². The molecule has 0 heterocycles. The molecule has 1 N–H and O–H groups in total.